The maximum Gasteiger partial charge on any atom is 0.241 e. The van der Waals surface area contributed by atoms with E-state index in [1.54, 1.807) is 0 Å². The van der Waals surface area contributed by atoms with E-state index < -0.39 is 0 Å². The molecule has 0 saturated heterocycles. The van der Waals surface area contributed by atoms with Gasteiger partial charge in [0.25, 0.3) is 0 Å². The predicted octanol–water partition coefficient (Wildman–Crippen LogP) is 3.05. The number of aromatic nitrogens is 4. The molecule has 8 nitrogen and oxygen atoms in total. The van der Waals surface area contributed by atoms with Crippen molar-refractivity contribution >= 4 is 5.65 Å². The van der Waals surface area contributed by atoms with Crippen LogP contribution >= 0.6 is 0 Å². The minimum atomic E-state index is 0.240. The molecule has 0 bridgehead atoms. The molecule has 0 spiro atoms. The number of hydrogen-bond acceptors (Lipinski definition) is 7. The van der Waals surface area contributed by atoms with E-state index in [9.17, 15) is 0 Å². The fourth-order valence-corrected chi connectivity index (χ4v) is 3.37. The smallest absolute Gasteiger partial charge is 0.241 e. The maximum atomic E-state index is 5.45. The predicted molar refractivity (Wildman–Crippen MR) is 101 cm³/mol. The zero-order valence-corrected chi connectivity index (χ0v) is 15.6. The highest BCUT2D eigenvalue weighted by Crippen LogP contribution is 2.35. The number of hydrogen-bond donors (Lipinski definition) is 0. The maximum absolute atomic E-state index is 5.45. The number of benzene rings is 1. The zero-order chi connectivity index (χ0) is 19.1. The Bertz CT molecular complexity index is 1150. The first-order valence-corrected chi connectivity index (χ1v) is 9.01. The van der Waals surface area contributed by atoms with E-state index in [-0.39, 0.29) is 6.79 Å². The Morgan fingerprint density at radius 2 is 1.96 bits per heavy atom. The standard InChI is InChI=1S/C20H19N5O3/c1-13-15(25-8-4-3-5-18(25)21-13)10-24(2)11-19-22-20(23-28-19)14-6-7-16-17(9-14)27-12-26-16/h3-9H,10-12H2,1-2H3. The molecule has 1 aliphatic rings. The molecule has 4 heterocycles. The average molecular weight is 377 g/mol. The highest BCUT2D eigenvalue weighted by atomic mass is 16.7. The van der Waals surface area contributed by atoms with Crippen LogP contribution in [-0.4, -0.2) is 38.3 Å². The Balaban J connectivity index is 1.32. The van der Waals surface area contributed by atoms with Crippen molar-refractivity contribution in [3.63, 3.8) is 0 Å². The average Bonchev–Trinajstić information content (AvgIpc) is 3.41. The molecule has 5 rings (SSSR count). The van der Waals surface area contributed by atoms with Gasteiger partial charge in [0.15, 0.2) is 11.5 Å². The highest BCUT2D eigenvalue weighted by molar-refractivity contribution is 5.61. The second-order valence-corrected chi connectivity index (χ2v) is 6.82. The van der Waals surface area contributed by atoms with Crippen molar-refractivity contribution in [1.82, 2.24) is 24.4 Å². The molecule has 0 unspecified atom stereocenters. The van der Waals surface area contributed by atoms with E-state index in [0.29, 0.717) is 24.0 Å². The molecule has 1 aromatic carbocycles. The van der Waals surface area contributed by atoms with Gasteiger partial charge >= 0.3 is 0 Å². The molecular weight excluding hydrogens is 358 g/mol. The Morgan fingerprint density at radius 3 is 2.89 bits per heavy atom. The van der Waals surface area contributed by atoms with Gasteiger partial charge in [0.05, 0.1) is 17.9 Å². The molecular formula is C20H19N5O3. The second kappa shape index (κ2) is 6.65. The number of fused-ring (bicyclic) bond motifs is 2. The summed E-state index contributed by atoms with van der Waals surface area (Å²) in [4.78, 5) is 11.3. The SMILES string of the molecule is Cc1nc2ccccn2c1CN(C)Cc1nc(-c2ccc3c(c2)OCO3)no1. The number of ether oxygens (including phenoxy) is 2. The summed E-state index contributed by atoms with van der Waals surface area (Å²) in [5, 5.41) is 4.10. The van der Waals surface area contributed by atoms with Crippen LogP contribution in [0.3, 0.4) is 0 Å². The largest absolute Gasteiger partial charge is 0.454 e. The highest BCUT2D eigenvalue weighted by Gasteiger charge is 2.18. The van der Waals surface area contributed by atoms with Crippen LogP contribution in [0.15, 0.2) is 47.1 Å². The molecule has 0 N–H and O–H groups in total. The van der Waals surface area contributed by atoms with Crippen molar-refractivity contribution in [2.24, 2.45) is 0 Å². The fourth-order valence-electron chi connectivity index (χ4n) is 3.37. The van der Waals surface area contributed by atoms with E-state index in [2.05, 4.69) is 24.4 Å². The van der Waals surface area contributed by atoms with Gasteiger partial charge in [-0.2, -0.15) is 4.98 Å². The molecule has 0 fully saturated rings. The van der Waals surface area contributed by atoms with Gasteiger partial charge in [-0.05, 0) is 44.3 Å². The molecule has 0 amide bonds. The fraction of sp³-hybridized carbons (Fsp3) is 0.250. The van der Waals surface area contributed by atoms with Crippen molar-refractivity contribution in [2.45, 2.75) is 20.0 Å². The first kappa shape index (κ1) is 16.8. The number of rotatable bonds is 5. The van der Waals surface area contributed by atoms with Crippen LogP contribution in [0.4, 0.5) is 0 Å². The minimum absolute atomic E-state index is 0.240. The van der Waals surface area contributed by atoms with Crippen molar-refractivity contribution in [1.29, 1.82) is 0 Å². The Labute approximate surface area is 161 Å². The Kier molecular flexibility index (Phi) is 3.98. The van der Waals surface area contributed by atoms with Crippen LogP contribution in [0.1, 0.15) is 17.3 Å². The van der Waals surface area contributed by atoms with Gasteiger partial charge in [0.2, 0.25) is 18.5 Å². The third-order valence-electron chi connectivity index (χ3n) is 4.75. The Morgan fingerprint density at radius 1 is 1.07 bits per heavy atom. The molecule has 0 saturated carbocycles. The van der Waals surface area contributed by atoms with Gasteiger partial charge in [0, 0.05) is 18.3 Å². The number of nitrogens with zero attached hydrogens (tertiary/aromatic N) is 5. The molecule has 0 aliphatic carbocycles. The monoisotopic (exact) mass is 377 g/mol. The van der Waals surface area contributed by atoms with E-state index in [1.165, 1.54) is 0 Å². The van der Waals surface area contributed by atoms with E-state index in [0.717, 1.165) is 34.9 Å². The van der Waals surface area contributed by atoms with Crippen LogP contribution in [0.2, 0.25) is 0 Å². The lowest BCUT2D eigenvalue weighted by atomic mass is 10.2. The summed E-state index contributed by atoms with van der Waals surface area (Å²) in [5.41, 5.74) is 3.95. The summed E-state index contributed by atoms with van der Waals surface area (Å²) < 4.78 is 18.3. The summed E-state index contributed by atoms with van der Waals surface area (Å²) in [6.45, 7) is 3.53. The molecule has 0 atom stereocenters. The molecule has 1 aliphatic heterocycles. The summed E-state index contributed by atoms with van der Waals surface area (Å²) in [7, 11) is 2.02. The van der Waals surface area contributed by atoms with E-state index in [4.69, 9.17) is 14.0 Å². The van der Waals surface area contributed by atoms with Gasteiger partial charge in [0.1, 0.15) is 5.65 Å². The van der Waals surface area contributed by atoms with Crippen LogP contribution in [0, 0.1) is 6.92 Å². The van der Waals surface area contributed by atoms with Gasteiger partial charge < -0.3 is 18.4 Å². The summed E-state index contributed by atoms with van der Waals surface area (Å²) >= 11 is 0. The first-order valence-electron chi connectivity index (χ1n) is 9.01. The van der Waals surface area contributed by atoms with E-state index in [1.807, 2.05) is 56.6 Å². The van der Waals surface area contributed by atoms with Crippen LogP contribution < -0.4 is 9.47 Å². The Hall–Kier alpha value is -3.39. The number of aryl methyl sites for hydroxylation is 1. The molecule has 8 heteroatoms. The van der Waals surface area contributed by atoms with Crippen molar-refractivity contribution in [3.05, 3.63) is 59.9 Å². The first-order chi connectivity index (χ1) is 13.7. The van der Waals surface area contributed by atoms with E-state index >= 15 is 0 Å². The van der Waals surface area contributed by atoms with Gasteiger partial charge in [-0.15, -0.1) is 0 Å². The van der Waals surface area contributed by atoms with Gasteiger partial charge in [-0.25, -0.2) is 4.98 Å². The number of imidazole rings is 1. The number of pyridine rings is 1. The van der Waals surface area contributed by atoms with Crippen molar-refractivity contribution in [3.8, 4) is 22.9 Å². The molecule has 3 aromatic heterocycles. The minimum Gasteiger partial charge on any atom is -0.454 e. The van der Waals surface area contributed by atoms with Crippen LogP contribution in [0.5, 0.6) is 11.5 Å². The van der Waals surface area contributed by atoms with Crippen molar-refractivity contribution in [2.75, 3.05) is 13.8 Å². The summed E-state index contributed by atoms with van der Waals surface area (Å²) in [6, 6.07) is 11.6. The molecule has 4 aromatic rings. The van der Waals surface area contributed by atoms with Crippen molar-refractivity contribution < 1.29 is 14.0 Å². The summed E-state index contributed by atoms with van der Waals surface area (Å²) in [6.07, 6.45) is 2.03. The lowest BCUT2D eigenvalue weighted by Crippen LogP contribution is -2.19. The second-order valence-electron chi connectivity index (χ2n) is 6.82. The quantitative estimate of drug-likeness (QED) is 0.529. The lowest BCUT2D eigenvalue weighted by Gasteiger charge is -2.14. The summed E-state index contributed by atoms with van der Waals surface area (Å²) in [5.74, 6) is 2.52. The molecule has 142 valence electrons. The van der Waals surface area contributed by atoms with Gasteiger partial charge in [-0.3, -0.25) is 4.90 Å². The molecule has 28 heavy (non-hydrogen) atoms. The third kappa shape index (κ3) is 2.97. The topological polar surface area (TPSA) is 77.9 Å². The van der Waals surface area contributed by atoms with Crippen LogP contribution in [-0.2, 0) is 13.1 Å². The zero-order valence-electron chi connectivity index (χ0n) is 15.6. The van der Waals surface area contributed by atoms with Crippen LogP contribution in [0.25, 0.3) is 17.0 Å². The normalized spacial score (nSPS) is 13.0. The third-order valence-corrected chi connectivity index (χ3v) is 4.75. The molecule has 0 radical (unpaired) electrons. The van der Waals surface area contributed by atoms with Gasteiger partial charge in [-0.1, -0.05) is 11.2 Å². The lowest BCUT2D eigenvalue weighted by molar-refractivity contribution is 0.174.